The predicted molar refractivity (Wildman–Crippen MR) is 90.4 cm³/mol. The van der Waals surface area contributed by atoms with Gasteiger partial charge in [0.1, 0.15) is 11.6 Å². The minimum atomic E-state index is -0.815. The second-order valence-electron chi connectivity index (χ2n) is 8.93. The van der Waals surface area contributed by atoms with Crippen molar-refractivity contribution in [3.05, 3.63) is 0 Å². The van der Waals surface area contributed by atoms with Gasteiger partial charge in [0.15, 0.2) is 0 Å². The molecule has 3 aliphatic rings. The summed E-state index contributed by atoms with van der Waals surface area (Å²) in [7, 11) is 0. The lowest BCUT2D eigenvalue weighted by Crippen LogP contribution is -2.52. The SMILES string of the molecule is CC(=O)C1CCC2C3CCC(=O)C(C)(CCC(=O)O)C3CCC12C. The first-order chi connectivity index (χ1) is 11.2. The van der Waals surface area contributed by atoms with Gasteiger partial charge in [-0.05, 0) is 68.6 Å². The summed E-state index contributed by atoms with van der Waals surface area (Å²) in [6.07, 6.45) is 6.07. The standard InChI is InChI=1S/C20H30O4/c1-12(21)14-5-6-15-13-4-7-17(22)20(3,11-9-18(23)24)16(13)8-10-19(14,15)2/h13-16H,4-11H2,1-3H3,(H,23,24). The summed E-state index contributed by atoms with van der Waals surface area (Å²) >= 11 is 0. The summed E-state index contributed by atoms with van der Waals surface area (Å²) < 4.78 is 0. The van der Waals surface area contributed by atoms with Crippen molar-refractivity contribution in [3.63, 3.8) is 0 Å². The molecular weight excluding hydrogens is 304 g/mol. The minimum Gasteiger partial charge on any atom is -0.481 e. The van der Waals surface area contributed by atoms with Crippen LogP contribution in [0.2, 0.25) is 0 Å². The molecule has 6 atom stereocenters. The van der Waals surface area contributed by atoms with Crippen molar-refractivity contribution in [2.24, 2.45) is 34.5 Å². The van der Waals surface area contributed by atoms with Gasteiger partial charge in [-0.15, -0.1) is 0 Å². The van der Waals surface area contributed by atoms with Crippen molar-refractivity contribution >= 4 is 17.5 Å². The number of carbonyl (C=O) groups excluding carboxylic acids is 2. The molecular formula is C20H30O4. The number of carboxylic acids is 1. The lowest BCUT2D eigenvalue weighted by Gasteiger charge is -2.55. The molecule has 0 amide bonds. The van der Waals surface area contributed by atoms with Crippen molar-refractivity contribution in [3.8, 4) is 0 Å². The van der Waals surface area contributed by atoms with Gasteiger partial charge in [0.05, 0.1) is 0 Å². The second-order valence-corrected chi connectivity index (χ2v) is 8.93. The summed E-state index contributed by atoms with van der Waals surface area (Å²) in [5.41, 5.74) is -0.405. The van der Waals surface area contributed by atoms with Crippen molar-refractivity contribution in [2.45, 2.75) is 72.1 Å². The van der Waals surface area contributed by atoms with E-state index in [1.807, 2.05) is 6.92 Å². The van der Waals surface area contributed by atoms with E-state index in [1.165, 1.54) is 0 Å². The van der Waals surface area contributed by atoms with Crippen LogP contribution >= 0.6 is 0 Å². The molecule has 0 bridgehead atoms. The highest BCUT2D eigenvalue weighted by Gasteiger charge is 2.60. The maximum absolute atomic E-state index is 12.7. The molecule has 3 fully saturated rings. The fraction of sp³-hybridized carbons (Fsp3) is 0.850. The van der Waals surface area contributed by atoms with Crippen LogP contribution in [0.15, 0.2) is 0 Å². The van der Waals surface area contributed by atoms with Crippen LogP contribution in [0.3, 0.4) is 0 Å². The third-order valence-corrected chi connectivity index (χ3v) is 7.95. The zero-order valence-corrected chi connectivity index (χ0v) is 15.1. The van der Waals surface area contributed by atoms with Gasteiger partial charge >= 0.3 is 5.97 Å². The van der Waals surface area contributed by atoms with Crippen LogP contribution in [-0.4, -0.2) is 22.6 Å². The molecule has 3 saturated carbocycles. The first-order valence-corrected chi connectivity index (χ1v) is 9.45. The van der Waals surface area contributed by atoms with Crippen LogP contribution in [-0.2, 0) is 14.4 Å². The Morgan fingerprint density at radius 3 is 2.46 bits per heavy atom. The Morgan fingerprint density at radius 2 is 1.83 bits per heavy atom. The highest BCUT2D eigenvalue weighted by molar-refractivity contribution is 5.86. The zero-order chi connectivity index (χ0) is 17.7. The fourth-order valence-electron chi connectivity index (χ4n) is 6.63. The van der Waals surface area contributed by atoms with Crippen molar-refractivity contribution in [2.75, 3.05) is 0 Å². The Hall–Kier alpha value is -1.19. The Labute approximate surface area is 144 Å². The predicted octanol–water partition coefficient (Wildman–Crippen LogP) is 3.87. The number of carbonyl (C=O) groups is 3. The molecule has 0 aliphatic heterocycles. The molecule has 0 aromatic heterocycles. The highest BCUT2D eigenvalue weighted by Crippen LogP contribution is 2.64. The van der Waals surface area contributed by atoms with E-state index in [2.05, 4.69) is 6.92 Å². The highest BCUT2D eigenvalue weighted by atomic mass is 16.4. The number of ketones is 2. The Balaban J connectivity index is 1.87. The summed E-state index contributed by atoms with van der Waals surface area (Å²) in [6, 6.07) is 0. The van der Waals surface area contributed by atoms with Gasteiger partial charge in [-0.1, -0.05) is 13.8 Å². The first kappa shape index (κ1) is 17.6. The maximum atomic E-state index is 12.7. The molecule has 24 heavy (non-hydrogen) atoms. The van der Waals surface area contributed by atoms with Gasteiger partial charge < -0.3 is 5.11 Å². The molecule has 0 radical (unpaired) electrons. The normalized spacial score (nSPS) is 44.7. The maximum Gasteiger partial charge on any atom is 0.303 e. The third kappa shape index (κ3) is 2.53. The van der Waals surface area contributed by atoms with E-state index in [1.54, 1.807) is 6.92 Å². The molecule has 0 spiro atoms. The second kappa shape index (κ2) is 5.96. The van der Waals surface area contributed by atoms with Gasteiger partial charge in [0.25, 0.3) is 0 Å². The summed E-state index contributed by atoms with van der Waals surface area (Å²) in [4.78, 5) is 35.8. The van der Waals surface area contributed by atoms with Crippen LogP contribution in [0.25, 0.3) is 0 Å². The number of carboxylic acid groups (broad SMARTS) is 1. The van der Waals surface area contributed by atoms with Gasteiger partial charge in [0.2, 0.25) is 0 Å². The Kier molecular flexibility index (Phi) is 4.38. The van der Waals surface area contributed by atoms with Gasteiger partial charge in [-0.2, -0.15) is 0 Å². The lowest BCUT2D eigenvalue weighted by atomic mass is 9.48. The van der Waals surface area contributed by atoms with E-state index in [-0.39, 0.29) is 23.5 Å². The van der Waals surface area contributed by atoms with E-state index < -0.39 is 11.4 Å². The molecule has 134 valence electrons. The fourth-order valence-corrected chi connectivity index (χ4v) is 6.63. The average molecular weight is 334 g/mol. The average Bonchev–Trinajstić information content (AvgIpc) is 2.86. The molecule has 0 saturated heterocycles. The van der Waals surface area contributed by atoms with E-state index in [4.69, 9.17) is 5.11 Å². The van der Waals surface area contributed by atoms with E-state index in [0.717, 1.165) is 32.1 Å². The van der Waals surface area contributed by atoms with Crippen LogP contribution < -0.4 is 0 Å². The largest absolute Gasteiger partial charge is 0.481 e. The molecule has 0 heterocycles. The van der Waals surface area contributed by atoms with Gasteiger partial charge in [-0.3, -0.25) is 14.4 Å². The quantitative estimate of drug-likeness (QED) is 0.847. The lowest BCUT2D eigenvalue weighted by molar-refractivity contribution is -0.149. The number of Topliss-reactive ketones (excluding diaryl/α,β-unsaturated/α-hetero) is 2. The Morgan fingerprint density at radius 1 is 1.12 bits per heavy atom. The number of fused-ring (bicyclic) bond motifs is 3. The topological polar surface area (TPSA) is 71.4 Å². The van der Waals surface area contributed by atoms with E-state index in [0.29, 0.717) is 36.4 Å². The molecule has 4 nitrogen and oxygen atoms in total. The molecule has 4 heteroatoms. The van der Waals surface area contributed by atoms with E-state index in [9.17, 15) is 14.4 Å². The van der Waals surface area contributed by atoms with Gasteiger partial charge in [-0.25, -0.2) is 0 Å². The molecule has 6 unspecified atom stereocenters. The van der Waals surface area contributed by atoms with Crippen molar-refractivity contribution < 1.29 is 19.5 Å². The molecule has 1 N–H and O–H groups in total. The molecule has 0 aromatic carbocycles. The molecule has 3 aliphatic carbocycles. The van der Waals surface area contributed by atoms with Crippen LogP contribution in [0.1, 0.15) is 72.1 Å². The summed E-state index contributed by atoms with van der Waals surface area (Å²) in [5.74, 6) is 1.22. The number of hydrogen-bond acceptors (Lipinski definition) is 3. The summed E-state index contributed by atoms with van der Waals surface area (Å²) in [6.45, 7) is 6.03. The van der Waals surface area contributed by atoms with E-state index >= 15 is 0 Å². The third-order valence-electron chi connectivity index (χ3n) is 7.95. The first-order valence-electron chi connectivity index (χ1n) is 9.45. The van der Waals surface area contributed by atoms with Crippen LogP contribution in [0.4, 0.5) is 0 Å². The number of hydrogen-bond donors (Lipinski definition) is 1. The molecule has 0 aromatic rings. The number of aliphatic carboxylic acids is 1. The van der Waals surface area contributed by atoms with Gasteiger partial charge in [0, 0.05) is 24.2 Å². The molecule has 3 rings (SSSR count). The zero-order valence-electron chi connectivity index (χ0n) is 15.1. The van der Waals surface area contributed by atoms with Crippen molar-refractivity contribution in [1.29, 1.82) is 0 Å². The Bertz CT molecular complexity index is 568. The van der Waals surface area contributed by atoms with Crippen LogP contribution in [0, 0.1) is 34.5 Å². The van der Waals surface area contributed by atoms with Crippen molar-refractivity contribution in [1.82, 2.24) is 0 Å². The number of rotatable bonds is 4. The monoisotopic (exact) mass is 334 g/mol. The smallest absolute Gasteiger partial charge is 0.303 e. The summed E-state index contributed by atoms with van der Waals surface area (Å²) in [5, 5.41) is 9.08. The minimum absolute atomic E-state index is 0.0729. The van der Waals surface area contributed by atoms with Crippen LogP contribution in [0.5, 0.6) is 0 Å².